The van der Waals surface area contributed by atoms with Crippen molar-refractivity contribution in [2.45, 2.75) is 6.04 Å². The molecule has 0 spiro atoms. The maximum absolute atomic E-state index is 11.2. The normalized spacial score (nSPS) is 15.7. The lowest BCUT2D eigenvalue weighted by Gasteiger charge is -2.27. The zero-order chi connectivity index (χ0) is 9.80. The predicted octanol–water partition coefficient (Wildman–Crippen LogP) is 0.142. The average Bonchev–Trinajstić information content (AvgIpc) is 2.13. The summed E-state index contributed by atoms with van der Waals surface area (Å²) >= 11 is 0. The Balaban J connectivity index is 1.82. The third kappa shape index (κ3) is 2.20. The van der Waals surface area contributed by atoms with E-state index in [9.17, 15) is 4.79 Å². The third-order valence-electron chi connectivity index (χ3n) is 1.95. The fourth-order valence-corrected chi connectivity index (χ4v) is 1.10. The van der Waals surface area contributed by atoms with Gasteiger partial charge >= 0.3 is 6.09 Å². The molecule has 0 radical (unpaired) electrons. The molecule has 14 heavy (non-hydrogen) atoms. The van der Waals surface area contributed by atoms with Crippen molar-refractivity contribution in [3.05, 3.63) is 24.5 Å². The van der Waals surface area contributed by atoms with E-state index >= 15 is 0 Å². The first-order chi connectivity index (χ1) is 6.84. The van der Waals surface area contributed by atoms with Crippen LogP contribution >= 0.6 is 0 Å². The second-order valence-corrected chi connectivity index (χ2v) is 3.08. The standard InChI is InChI=1S/C9H11N3O2/c13-9(12-7-4-11-5-7)14-8-2-1-3-10-6-8/h1-3,6-7,11H,4-5H2,(H,12,13). The fraction of sp³-hybridized carbons (Fsp3) is 0.333. The van der Waals surface area contributed by atoms with E-state index in [4.69, 9.17) is 4.74 Å². The Labute approximate surface area is 81.5 Å². The lowest BCUT2D eigenvalue weighted by Crippen LogP contribution is -2.57. The van der Waals surface area contributed by atoms with Gasteiger partial charge in [0.25, 0.3) is 0 Å². The van der Waals surface area contributed by atoms with Gasteiger partial charge in [-0.3, -0.25) is 4.98 Å². The molecular formula is C9H11N3O2. The van der Waals surface area contributed by atoms with Crippen molar-refractivity contribution in [3.63, 3.8) is 0 Å². The summed E-state index contributed by atoms with van der Waals surface area (Å²) in [5, 5.41) is 5.76. The Morgan fingerprint density at radius 2 is 2.50 bits per heavy atom. The van der Waals surface area contributed by atoms with Crippen molar-refractivity contribution in [2.75, 3.05) is 13.1 Å². The van der Waals surface area contributed by atoms with E-state index in [2.05, 4.69) is 15.6 Å². The molecule has 1 aliphatic heterocycles. The summed E-state index contributed by atoms with van der Waals surface area (Å²) < 4.78 is 4.98. The molecule has 1 aliphatic rings. The molecule has 2 heterocycles. The van der Waals surface area contributed by atoms with Crippen molar-refractivity contribution in [1.29, 1.82) is 0 Å². The number of amides is 1. The zero-order valence-corrected chi connectivity index (χ0v) is 7.56. The number of pyridine rings is 1. The van der Waals surface area contributed by atoms with Gasteiger partial charge < -0.3 is 15.4 Å². The number of ether oxygens (including phenoxy) is 1. The van der Waals surface area contributed by atoms with Crippen LogP contribution in [0.2, 0.25) is 0 Å². The summed E-state index contributed by atoms with van der Waals surface area (Å²) in [7, 11) is 0. The SMILES string of the molecule is O=C(NC1CNC1)Oc1cccnc1. The number of nitrogens with one attached hydrogen (secondary N) is 2. The van der Waals surface area contributed by atoms with Crippen LogP contribution in [0.4, 0.5) is 4.79 Å². The Kier molecular flexibility index (Phi) is 2.60. The molecule has 2 rings (SSSR count). The van der Waals surface area contributed by atoms with Crippen molar-refractivity contribution in [1.82, 2.24) is 15.6 Å². The quantitative estimate of drug-likeness (QED) is 0.701. The molecule has 0 aliphatic carbocycles. The minimum absolute atomic E-state index is 0.194. The maximum Gasteiger partial charge on any atom is 0.412 e. The van der Waals surface area contributed by atoms with Crippen LogP contribution in [0.25, 0.3) is 0 Å². The minimum Gasteiger partial charge on any atom is -0.409 e. The van der Waals surface area contributed by atoms with Gasteiger partial charge in [0.1, 0.15) is 0 Å². The van der Waals surface area contributed by atoms with Crippen LogP contribution < -0.4 is 15.4 Å². The number of aromatic nitrogens is 1. The molecule has 0 saturated carbocycles. The highest BCUT2D eigenvalue weighted by atomic mass is 16.6. The van der Waals surface area contributed by atoms with Crippen LogP contribution in [0.15, 0.2) is 24.5 Å². The van der Waals surface area contributed by atoms with Crippen molar-refractivity contribution >= 4 is 6.09 Å². The molecule has 2 N–H and O–H groups in total. The molecule has 0 atom stereocenters. The van der Waals surface area contributed by atoms with Gasteiger partial charge in [0, 0.05) is 19.3 Å². The number of carbonyl (C=O) groups is 1. The number of hydrogen-bond donors (Lipinski definition) is 2. The third-order valence-corrected chi connectivity index (χ3v) is 1.95. The van der Waals surface area contributed by atoms with Crippen LogP contribution in [0.5, 0.6) is 5.75 Å². The Morgan fingerprint density at radius 3 is 3.07 bits per heavy atom. The van der Waals surface area contributed by atoms with Crippen molar-refractivity contribution in [3.8, 4) is 5.75 Å². The first kappa shape index (κ1) is 8.96. The molecule has 0 bridgehead atoms. The summed E-state index contributed by atoms with van der Waals surface area (Å²) in [5.41, 5.74) is 0. The second kappa shape index (κ2) is 4.06. The molecule has 5 heteroatoms. The molecule has 0 aromatic carbocycles. The molecular weight excluding hydrogens is 182 g/mol. The van der Waals surface area contributed by atoms with E-state index in [0.717, 1.165) is 13.1 Å². The van der Waals surface area contributed by atoms with E-state index < -0.39 is 6.09 Å². The van der Waals surface area contributed by atoms with Crippen LogP contribution in [0.3, 0.4) is 0 Å². The summed E-state index contributed by atoms with van der Waals surface area (Å²) in [6.07, 6.45) is 2.70. The first-order valence-corrected chi connectivity index (χ1v) is 4.44. The molecule has 74 valence electrons. The van der Waals surface area contributed by atoms with Gasteiger partial charge in [-0.25, -0.2) is 4.79 Å². The van der Waals surface area contributed by atoms with Gasteiger partial charge in [0.2, 0.25) is 0 Å². The van der Waals surface area contributed by atoms with E-state index in [1.807, 2.05) is 0 Å². The van der Waals surface area contributed by atoms with Gasteiger partial charge in [-0.15, -0.1) is 0 Å². The summed E-state index contributed by atoms with van der Waals surface area (Å²) in [4.78, 5) is 15.1. The number of rotatable bonds is 2. The van der Waals surface area contributed by atoms with Crippen LogP contribution in [-0.2, 0) is 0 Å². The monoisotopic (exact) mass is 193 g/mol. The predicted molar refractivity (Wildman–Crippen MR) is 50.1 cm³/mol. The summed E-state index contributed by atoms with van der Waals surface area (Å²) in [6, 6.07) is 3.60. The second-order valence-electron chi connectivity index (χ2n) is 3.08. The van der Waals surface area contributed by atoms with E-state index in [0.29, 0.717) is 5.75 Å². The maximum atomic E-state index is 11.2. The Bertz CT molecular complexity index is 311. The first-order valence-electron chi connectivity index (χ1n) is 4.44. The van der Waals surface area contributed by atoms with E-state index in [1.54, 1.807) is 18.3 Å². The van der Waals surface area contributed by atoms with E-state index in [-0.39, 0.29) is 6.04 Å². The highest BCUT2D eigenvalue weighted by Gasteiger charge is 2.19. The summed E-state index contributed by atoms with van der Waals surface area (Å²) in [5.74, 6) is 0.456. The average molecular weight is 193 g/mol. The van der Waals surface area contributed by atoms with Crippen LogP contribution in [0.1, 0.15) is 0 Å². The van der Waals surface area contributed by atoms with Crippen LogP contribution in [-0.4, -0.2) is 30.2 Å². The van der Waals surface area contributed by atoms with Gasteiger partial charge in [-0.2, -0.15) is 0 Å². The lowest BCUT2D eigenvalue weighted by atomic mass is 10.2. The molecule has 1 aromatic heterocycles. The molecule has 1 fully saturated rings. The van der Waals surface area contributed by atoms with Gasteiger partial charge in [-0.1, -0.05) is 0 Å². The summed E-state index contributed by atoms with van der Waals surface area (Å²) in [6.45, 7) is 1.62. The van der Waals surface area contributed by atoms with E-state index in [1.165, 1.54) is 6.20 Å². The van der Waals surface area contributed by atoms with Crippen molar-refractivity contribution < 1.29 is 9.53 Å². The lowest BCUT2D eigenvalue weighted by molar-refractivity contribution is 0.190. The molecule has 1 amide bonds. The molecule has 0 unspecified atom stereocenters. The number of nitrogens with zero attached hydrogens (tertiary/aromatic N) is 1. The van der Waals surface area contributed by atoms with Crippen LogP contribution in [0, 0.1) is 0 Å². The number of carbonyl (C=O) groups excluding carboxylic acids is 1. The minimum atomic E-state index is -0.426. The topological polar surface area (TPSA) is 63.2 Å². The largest absolute Gasteiger partial charge is 0.412 e. The Hall–Kier alpha value is -1.62. The Morgan fingerprint density at radius 1 is 1.64 bits per heavy atom. The van der Waals surface area contributed by atoms with Gasteiger partial charge in [-0.05, 0) is 12.1 Å². The highest BCUT2D eigenvalue weighted by Crippen LogP contribution is 2.06. The van der Waals surface area contributed by atoms with Crippen molar-refractivity contribution in [2.24, 2.45) is 0 Å². The molecule has 1 aromatic rings. The highest BCUT2D eigenvalue weighted by molar-refractivity contribution is 5.70. The fourth-order valence-electron chi connectivity index (χ4n) is 1.10. The molecule has 5 nitrogen and oxygen atoms in total. The zero-order valence-electron chi connectivity index (χ0n) is 7.56. The smallest absolute Gasteiger partial charge is 0.409 e. The van der Waals surface area contributed by atoms with Gasteiger partial charge in [0.15, 0.2) is 5.75 Å². The molecule has 1 saturated heterocycles. The number of hydrogen-bond acceptors (Lipinski definition) is 4. The van der Waals surface area contributed by atoms with Gasteiger partial charge in [0.05, 0.1) is 12.2 Å².